The molecule has 0 fully saturated rings. The molecule has 1 heterocycles. The first kappa shape index (κ1) is 24.1. The molecule has 5 heteroatoms. The first-order valence-corrected chi connectivity index (χ1v) is 12.3. The van der Waals surface area contributed by atoms with Crippen LogP contribution in [0.3, 0.4) is 0 Å². The molecular formula is C29H36N2O3. The van der Waals surface area contributed by atoms with Crippen molar-refractivity contribution in [2.45, 2.75) is 32.9 Å². The van der Waals surface area contributed by atoms with E-state index in [-0.39, 0.29) is 6.04 Å². The van der Waals surface area contributed by atoms with Gasteiger partial charge in [0.05, 0.1) is 13.2 Å². The Kier molecular flexibility index (Phi) is 8.45. The van der Waals surface area contributed by atoms with Gasteiger partial charge >= 0.3 is 0 Å². The topological polar surface area (TPSA) is 43.0 Å². The molecule has 0 saturated carbocycles. The lowest BCUT2D eigenvalue weighted by Crippen LogP contribution is -2.30. The van der Waals surface area contributed by atoms with Crippen molar-refractivity contribution in [3.8, 4) is 17.2 Å². The summed E-state index contributed by atoms with van der Waals surface area (Å²) in [4.78, 5) is 2.36. The van der Waals surface area contributed by atoms with Gasteiger partial charge in [-0.2, -0.15) is 0 Å². The van der Waals surface area contributed by atoms with Crippen LogP contribution < -0.4 is 19.5 Å². The highest BCUT2D eigenvalue weighted by Crippen LogP contribution is 2.38. The summed E-state index contributed by atoms with van der Waals surface area (Å²) >= 11 is 0. The molecule has 1 atom stereocenters. The van der Waals surface area contributed by atoms with Gasteiger partial charge in [-0.25, -0.2) is 0 Å². The minimum atomic E-state index is 0.110. The Balaban J connectivity index is 1.49. The van der Waals surface area contributed by atoms with Gasteiger partial charge in [0.15, 0.2) is 11.5 Å². The number of hydrogen-bond donors (Lipinski definition) is 1. The van der Waals surface area contributed by atoms with E-state index in [1.165, 1.54) is 16.7 Å². The molecule has 1 unspecified atom stereocenters. The number of methoxy groups -OCH3 is 1. The fourth-order valence-corrected chi connectivity index (χ4v) is 4.46. The van der Waals surface area contributed by atoms with Crippen molar-refractivity contribution in [3.63, 3.8) is 0 Å². The highest BCUT2D eigenvalue weighted by atomic mass is 16.5. The Morgan fingerprint density at radius 2 is 1.68 bits per heavy atom. The molecule has 0 aromatic heterocycles. The van der Waals surface area contributed by atoms with Crippen LogP contribution in [-0.4, -0.2) is 44.8 Å². The van der Waals surface area contributed by atoms with E-state index in [9.17, 15) is 0 Å². The second-order valence-electron chi connectivity index (χ2n) is 8.56. The summed E-state index contributed by atoms with van der Waals surface area (Å²) in [6.07, 6.45) is 0.966. The van der Waals surface area contributed by atoms with Crippen LogP contribution in [0.25, 0.3) is 0 Å². The fraction of sp³-hybridized carbons (Fsp3) is 0.379. The van der Waals surface area contributed by atoms with Crippen LogP contribution >= 0.6 is 0 Å². The highest BCUT2D eigenvalue weighted by molar-refractivity contribution is 5.52. The van der Waals surface area contributed by atoms with E-state index in [1.54, 1.807) is 7.11 Å². The van der Waals surface area contributed by atoms with Crippen molar-refractivity contribution in [3.05, 3.63) is 89.0 Å². The van der Waals surface area contributed by atoms with Crippen LogP contribution in [0.15, 0.2) is 66.7 Å². The molecule has 34 heavy (non-hydrogen) atoms. The Hall–Kier alpha value is -3.02. The Labute approximate surface area is 203 Å². The standard InChI is InChI=1S/C29H36N2O3/c1-4-31(5-2)17-18-33-25-13-11-23(12-14-25)29-26-20-28(34-21-22-9-7-6-8-10-22)27(32-3)19-24(26)15-16-30-29/h6-14,19-20,29-30H,4-5,15-18,21H2,1-3H3. The number of nitrogens with one attached hydrogen (secondary N) is 1. The number of fused-ring (bicyclic) bond motifs is 1. The molecule has 180 valence electrons. The minimum absolute atomic E-state index is 0.110. The van der Waals surface area contributed by atoms with Gasteiger partial charge in [-0.05, 0) is 66.0 Å². The van der Waals surface area contributed by atoms with Crippen LogP contribution in [0, 0.1) is 0 Å². The second kappa shape index (κ2) is 11.9. The maximum absolute atomic E-state index is 6.19. The average molecular weight is 461 g/mol. The first-order chi connectivity index (χ1) is 16.7. The van der Waals surface area contributed by atoms with Gasteiger partial charge < -0.3 is 24.4 Å². The SMILES string of the molecule is CCN(CC)CCOc1ccc(C2NCCc3cc(OC)c(OCc4ccccc4)cc32)cc1. The number of hydrogen-bond acceptors (Lipinski definition) is 5. The summed E-state index contributed by atoms with van der Waals surface area (Å²) in [5.74, 6) is 2.47. The lowest BCUT2D eigenvalue weighted by Gasteiger charge is -2.29. The lowest BCUT2D eigenvalue weighted by atomic mass is 9.89. The summed E-state index contributed by atoms with van der Waals surface area (Å²) in [6.45, 7) is 9.54. The van der Waals surface area contributed by atoms with Gasteiger partial charge in [-0.1, -0.05) is 56.3 Å². The molecule has 3 aromatic rings. The van der Waals surface area contributed by atoms with Gasteiger partial charge in [0.2, 0.25) is 0 Å². The summed E-state index contributed by atoms with van der Waals surface area (Å²) in [5, 5.41) is 3.68. The van der Waals surface area contributed by atoms with E-state index < -0.39 is 0 Å². The molecule has 0 amide bonds. The van der Waals surface area contributed by atoms with Crippen LogP contribution in [0.1, 0.15) is 42.1 Å². The number of ether oxygens (including phenoxy) is 3. The Morgan fingerprint density at radius 1 is 0.912 bits per heavy atom. The van der Waals surface area contributed by atoms with Crippen LogP contribution in [-0.2, 0) is 13.0 Å². The molecule has 3 aromatic carbocycles. The second-order valence-corrected chi connectivity index (χ2v) is 8.56. The molecule has 0 saturated heterocycles. The first-order valence-electron chi connectivity index (χ1n) is 12.3. The molecule has 5 nitrogen and oxygen atoms in total. The lowest BCUT2D eigenvalue weighted by molar-refractivity contribution is 0.223. The molecular weight excluding hydrogens is 424 g/mol. The minimum Gasteiger partial charge on any atom is -0.493 e. The van der Waals surface area contributed by atoms with Gasteiger partial charge in [0.25, 0.3) is 0 Å². The van der Waals surface area contributed by atoms with Gasteiger partial charge in [0, 0.05) is 13.1 Å². The van der Waals surface area contributed by atoms with E-state index in [0.717, 1.165) is 55.4 Å². The third-order valence-electron chi connectivity index (χ3n) is 6.50. The highest BCUT2D eigenvalue weighted by Gasteiger charge is 2.24. The molecule has 1 aliphatic heterocycles. The van der Waals surface area contributed by atoms with Crippen LogP contribution in [0.4, 0.5) is 0 Å². The van der Waals surface area contributed by atoms with E-state index in [0.29, 0.717) is 13.2 Å². The van der Waals surface area contributed by atoms with E-state index >= 15 is 0 Å². The number of nitrogens with zero attached hydrogens (tertiary/aromatic N) is 1. The zero-order chi connectivity index (χ0) is 23.8. The van der Waals surface area contributed by atoms with Gasteiger partial charge in [-0.3, -0.25) is 0 Å². The van der Waals surface area contributed by atoms with Gasteiger partial charge in [-0.15, -0.1) is 0 Å². The molecule has 4 rings (SSSR count). The quantitative estimate of drug-likeness (QED) is 0.424. The molecule has 0 spiro atoms. The normalized spacial score (nSPS) is 15.1. The van der Waals surface area contributed by atoms with Crippen molar-refractivity contribution in [1.29, 1.82) is 0 Å². The predicted molar refractivity (Wildman–Crippen MR) is 137 cm³/mol. The predicted octanol–water partition coefficient (Wildman–Crippen LogP) is 5.23. The summed E-state index contributed by atoms with van der Waals surface area (Å²) in [7, 11) is 1.70. The molecule has 0 radical (unpaired) electrons. The Bertz CT molecular complexity index is 1030. The molecule has 0 aliphatic carbocycles. The number of benzene rings is 3. The number of rotatable bonds is 11. The van der Waals surface area contributed by atoms with Crippen molar-refractivity contribution >= 4 is 0 Å². The van der Waals surface area contributed by atoms with E-state index in [2.05, 4.69) is 72.6 Å². The summed E-state index contributed by atoms with van der Waals surface area (Å²) in [6, 6.07) is 23.1. The monoisotopic (exact) mass is 460 g/mol. The number of likely N-dealkylation sites (N-methyl/N-ethyl adjacent to an activating group) is 1. The van der Waals surface area contributed by atoms with Crippen molar-refractivity contribution in [2.24, 2.45) is 0 Å². The van der Waals surface area contributed by atoms with Crippen molar-refractivity contribution in [1.82, 2.24) is 10.2 Å². The third kappa shape index (κ3) is 5.91. The van der Waals surface area contributed by atoms with Crippen LogP contribution in [0.2, 0.25) is 0 Å². The fourth-order valence-electron chi connectivity index (χ4n) is 4.46. The molecule has 1 N–H and O–H groups in total. The van der Waals surface area contributed by atoms with E-state index in [1.807, 2.05) is 18.2 Å². The molecule has 0 bridgehead atoms. The average Bonchev–Trinajstić information content (AvgIpc) is 2.90. The van der Waals surface area contributed by atoms with E-state index in [4.69, 9.17) is 14.2 Å². The molecule has 1 aliphatic rings. The third-order valence-corrected chi connectivity index (χ3v) is 6.50. The Morgan fingerprint density at radius 3 is 2.38 bits per heavy atom. The smallest absolute Gasteiger partial charge is 0.162 e. The van der Waals surface area contributed by atoms with Gasteiger partial charge in [0.1, 0.15) is 19.0 Å². The summed E-state index contributed by atoms with van der Waals surface area (Å²) < 4.78 is 17.8. The zero-order valence-corrected chi connectivity index (χ0v) is 20.5. The zero-order valence-electron chi connectivity index (χ0n) is 20.5. The van der Waals surface area contributed by atoms with Crippen molar-refractivity contribution in [2.75, 3.05) is 39.9 Å². The van der Waals surface area contributed by atoms with Crippen LogP contribution in [0.5, 0.6) is 17.2 Å². The maximum Gasteiger partial charge on any atom is 0.162 e. The summed E-state index contributed by atoms with van der Waals surface area (Å²) in [5.41, 5.74) is 4.89. The largest absolute Gasteiger partial charge is 0.493 e. The van der Waals surface area contributed by atoms with Crippen molar-refractivity contribution < 1.29 is 14.2 Å². The maximum atomic E-state index is 6.19.